The number of carbonyl (C=O) groups is 1. The van der Waals surface area contributed by atoms with Gasteiger partial charge >= 0.3 is 6.16 Å². The monoisotopic (exact) mass is 202 g/mol. The van der Waals surface area contributed by atoms with Crippen LogP contribution in [0.4, 0.5) is 4.79 Å². The van der Waals surface area contributed by atoms with Gasteiger partial charge in [-0.05, 0) is 20.3 Å². The standard InChI is InChI=1S/C11H22O3/c1-4-5-6-7-8-9-13-11(12)14-10(2)3/h10H,4-9H2,1-3H3. The van der Waals surface area contributed by atoms with Crippen LogP contribution in [0, 0.1) is 0 Å². The van der Waals surface area contributed by atoms with Gasteiger partial charge in [0.2, 0.25) is 0 Å². The second kappa shape index (κ2) is 8.85. The highest BCUT2D eigenvalue weighted by atomic mass is 16.7. The quantitative estimate of drug-likeness (QED) is 0.468. The number of carbonyl (C=O) groups excluding carboxylic acids is 1. The Kier molecular flexibility index (Phi) is 8.39. The van der Waals surface area contributed by atoms with Crippen LogP contribution in [0.5, 0.6) is 0 Å². The summed E-state index contributed by atoms with van der Waals surface area (Å²) in [5, 5.41) is 0. The highest BCUT2D eigenvalue weighted by molar-refractivity contribution is 5.59. The normalized spacial score (nSPS) is 10.3. The molecule has 0 aliphatic heterocycles. The molecule has 3 nitrogen and oxygen atoms in total. The van der Waals surface area contributed by atoms with E-state index in [1.807, 2.05) is 13.8 Å². The van der Waals surface area contributed by atoms with Gasteiger partial charge in [-0.25, -0.2) is 4.79 Å². The zero-order chi connectivity index (χ0) is 10.8. The molecule has 0 aliphatic carbocycles. The molecule has 0 saturated heterocycles. The Morgan fingerprint density at radius 3 is 2.36 bits per heavy atom. The largest absolute Gasteiger partial charge is 0.508 e. The van der Waals surface area contributed by atoms with E-state index >= 15 is 0 Å². The number of hydrogen-bond donors (Lipinski definition) is 0. The summed E-state index contributed by atoms with van der Waals surface area (Å²) >= 11 is 0. The van der Waals surface area contributed by atoms with Crippen molar-refractivity contribution in [2.75, 3.05) is 6.61 Å². The summed E-state index contributed by atoms with van der Waals surface area (Å²) in [4.78, 5) is 10.9. The van der Waals surface area contributed by atoms with Gasteiger partial charge in [0.15, 0.2) is 0 Å². The Labute approximate surface area is 86.8 Å². The van der Waals surface area contributed by atoms with Crippen molar-refractivity contribution < 1.29 is 14.3 Å². The number of rotatable bonds is 7. The van der Waals surface area contributed by atoms with Crippen molar-refractivity contribution in [1.82, 2.24) is 0 Å². The van der Waals surface area contributed by atoms with E-state index in [1.54, 1.807) is 0 Å². The molecule has 0 amide bonds. The average molecular weight is 202 g/mol. The maximum absolute atomic E-state index is 10.9. The molecule has 0 saturated carbocycles. The lowest BCUT2D eigenvalue weighted by atomic mass is 10.2. The first-order valence-corrected chi connectivity index (χ1v) is 5.50. The Morgan fingerprint density at radius 2 is 1.79 bits per heavy atom. The second-order valence-corrected chi connectivity index (χ2v) is 3.68. The zero-order valence-electron chi connectivity index (χ0n) is 9.54. The maximum Gasteiger partial charge on any atom is 0.508 e. The van der Waals surface area contributed by atoms with Crippen molar-refractivity contribution >= 4 is 6.16 Å². The molecule has 0 unspecified atom stereocenters. The number of unbranched alkanes of at least 4 members (excludes halogenated alkanes) is 4. The first-order chi connectivity index (χ1) is 6.66. The first-order valence-electron chi connectivity index (χ1n) is 5.50. The van der Waals surface area contributed by atoms with Crippen LogP contribution >= 0.6 is 0 Å². The highest BCUT2D eigenvalue weighted by Gasteiger charge is 2.05. The van der Waals surface area contributed by atoms with E-state index in [-0.39, 0.29) is 6.10 Å². The van der Waals surface area contributed by atoms with Gasteiger partial charge in [0, 0.05) is 0 Å². The Morgan fingerprint density at radius 1 is 1.14 bits per heavy atom. The van der Waals surface area contributed by atoms with E-state index < -0.39 is 6.16 Å². The van der Waals surface area contributed by atoms with E-state index in [9.17, 15) is 4.79 Å². The second-order valence-electron chi connectivity index (χ2n) is 3.68. The lowest BCUT2D eigenvalue weighted by Crippen LogP contribution is -2.13. The van der Waals surface area contributed by atoms with Crippen molar-refractivity contribution in [3.63, 3.8) is 0 Å². The summed E-state index contributed by atoms with van der Waals surface area (Å²) < 4.78 is 9.69. The third-order valence-electron chi connectivity index (χ3n) is 1.80. The fourth-order valence-electron chi connectivity index (χ4n) is 1.09. The van der Waals surface area contributed by atoms with Gasteiger partial charge in [-0.2, -0.15) is 0 Å². The zero-order valence-corrected chi connectivity index (χ0v) is 9.54. The minimum Gasteiger partial charge on any atom is -0.434 e. The molecule has 0 radical (unpaired) electrons. The van der Waals surface area contributed by atoms with Gasteiger partial charge in [0.1, 0.15) is 0 Å². The molecule has 0 aromatic rings. The summed E-state index contributed by atoms with van der Waals surface area (Å²) in [6.07, 6.45) is 5.14. The van der Waals surface area contributed by atoms with E-state index in [4.69, 9.17) is 9.47 Å². The minimum absolute atomic E-state index is 0.0948. The highest BCUT2D eigenvalue weighted by Crippen LogP contribution is 2.03. The van der Waals surface area contributed by atoms with Crippen LogP contribution in [0.1, 0.15) is 52.9 Å². The van der Waals surface area contributed by atoms with Crippen LogP contribution in [-0.4, -0.2) is 18.9 Å². The smallest absolute Gasteiger partial charge is 0.434 e. The average Bonchev–Trinajstić information content (AvgIpc) is 2.10. The SMILES string of the molecule is CCCCCCCOC(=O)OC(C)C. The first kappa shape index (κ1) is 13.3. The predicted molar refractivity (Wildman–Crippen MR) is 56.3 cm³/mol. The van der Waals surface area contributed by atoms with E-state index in [0.717, 1.165) is 12.8 Å². The van der Waals surface area contributed by atoms with Crippen LogP contribution in [0.3, 0.4) is 0 Å². The van der Waals surface area contributed by atoms with Gasteiger partial charge < -0.3 is 9.47 Å². The summed E-state index contributed by atoms with van der Waals surface area (Å²) in [6.45, 7) is 6.27. The molecule has 0 heterocycles. The molecular weight excluding hydrogens is 180 g/mol. The Bertz CT molecular complexity index is 143. The van der Waals surface area contributed by atoms with Crippen molar-refractivity contribution in [3.05, 3.63) is 0 Å². The topological polar surface area (TPSA) is 35.5 Å². The van der Waals surface area contributed by atoms with E-state index in [2.05, 4.69) is 6.92 Å². The molecular formula is C11H22O3. The van der Waals surface area contributed by atoms with Crippen molar-refractivity contribution in [1.29, 1.82) is 0 Å². The van der Waals surface area contributed by atoms with Crippen LogP contribution < -0.4 is 0 Å². The summed E-state index contributed by atoms with van der Waals surface area (Å²) in [5.74, 6) is 0. The van der Waals surface area contributed by atoms with Gasteiger partial charge in [0.25, 0.3) is 0 Å². The van der Waals surface area contributed by atoms with Crippen LogP contribution in [0.15, 0.2) is 0 Å². The molecule has 3 heteroatoms. The number of hydrogen-bond acceptors (Lipinski definition) is 3. The third kappa shape index (κ3) is 9.36. The fourth-order valence-corrected chi connectivity index (χ4v) is 1.09. The maximum atomic E-state index is 10.9. The van der Waals surface area contributed by atoms with Crippen LogP contribution in [0.25, 0.3) is 0 Å². The number of ether oxygens (including phenoxy) is 2. The molecule has 0 bridgehead atoms. The Hall–Kier alpha value is -0.730. The van der Waals surface area contributed by atoms with Gasteiger partial charge in [-0.15, -0.1) is 0 Å². The van der Waals surface area contributed by atoms with Crippen LogP contribution in [-0.2, 0) is 9.47 Å². The molecule has 0 fully saturated rings. The van der Waals surface area contributed by atoms with Crippen molar-refractivity contribution in [3.8, 4) is 0 Å². The molecule has 0 aromatic carbocycles. The van der Waals surface area contributed by atoms with Gasteiger partial charge in [0.05, 0.1) is 12.7 Å². The molecule has 14 heavy (non-hydrogen) atoms. The predicted octanol–water partition coefficient (Wildman–Crippen LogP) is 3.52. The molecule has 0 N–H and O–H groups in total. The molecule has 84 valence electrons. The van der Waals surface area contributed by atoms with Gasteiger partial charge in [-0.3, -0.25) is 0 Å². The lowest BCUT2D eigenvalue weighted by Gasteiger charge is -2.08. The molecule has 0 spiro atoms. The van der Waals surface area contributed by atoms with Crippen molar-refractivity contribution in [2.45, 2.75) is 59.0 Å². The summed E-state index contributed by atoms with van der Waals surface area (Å²) in [5.41, 5.74) is 0. The fraction of sp³-hybridized carbons (Fsp3) is 0.909. The lowest BCUT2D eigenvalue weighted by molar-refractivity contribution is 0.0336. The van der Waals surface area contributed by atoms with Crippen molar-refractivity contribution in [2.24, 2.45) is 0 Å². The summed E-state index contributed by atoms with van der Waals surface area (Å²) in [7, 11) is 0. The molecule has 0 aromatic heterocycles. The Balaban J connectivity index is 3.15. The summed E-state index contributed by atoms with van der Waals surface area (Å²) in [6, 6.07) is 0. The molecule has 0 aliphatic rings. The van der Waals surface area contributed by atoms with E-state index in [0.29, 0.717) is 6.61 Å². The van der Waals surface area contributed by atoms with Crippen LogP contribution in [0.2, 0.25) is 0 Å². The third-order valence-corrected chi connectivity index (χ3v) is 1.80. The molecule has 0 rings (SSSR count). The molecule has 0 atom stereocenters. The minimum atomic E-state index is -0.546. The van der Waals surface area contributed by atoms with E-state index in [1.165, 1.54) is 19.3 Å². The van der Waals surface area contributed by atoms with Gasteiger partial charge in [-0.1, -0.05) is 32.6 Å².